The largest absolute Gasteiger partial charge is 0.359 e. The molecule has 2 bridgehead atoms. The van der Waals surface area contributed by atoms with Gasteiger partial charge in [-0.3, -0.25) is 0 Å². The van der Waals surface area contributed by atoms with Crippen molar-refractivity contribution in [3.63, 3.8) is 0 Å². The Morgan fingerprint density at radius 3 is 2.89 bits per heavy atom. The van der Waals surface area contributed by atoms with Gasteiger partial charge < -0.3 is 10.6 Å². The first kappa shape index (κ1) is 12.9. The Bertz CT molecular complexity index is 463. The van der Waals surface area contributed by atoms with E-state index in [4.69, 9.17) is 5.73 Å². The molecule has 2 aliphatic carbocycles. The summed E-state index contributed by atoms with van der Waals surface area (Å²) in [4.78, 5) is 6.38. The Morgan fingerprint density at radius 1 is 1.42 bits per heavy atom. The molecule has 2 N–H and O–H groups in total. The highest BCUT2D eigenvalue weighted by Crippen LogP contribution is 2.48. The van der Waals surface area contributed by atoms with Crippen molar-refractivity contribution in [1.82, 2.24) is 4.98 Å². The maximum absolute atomic E-state index is 13.2. The average molecular weight is 263 g/mol. The van der Waals surface area contributed by atoms with E-state index in [0.717, 1.165) is 35.7 Å². The van der Waals surface area contributed by atoms with E-state index in [9.17, 15) is 4.39 Å². The van der Waals surface area contributed by atoms with E-state index in [1.54, 1.807) is 0 Å². The zero-order chi connectivity index (χ0) is 13.4. The topological polar surface area (TPSA) is 42.2 Å². The summed E-state index contributed by atoms with van der Waals surface area (Å²) in [6.45, 7) is 1.36. The fourth-order valence-corrected chi connectivity index (χ4v) is 4.01. The number of hydrogen-bond donors (Lipinski definition) is 1. The van der Waals surface area contributed by atoms with Crippen molar-refractivity contribution >= 4 is 5.82 Å². The molecule has 4 heteroatoms. The van der Waals surface area contributed by atoms with Gasteiger partial charge in [0, 0.05) is 25.7 Å². The van der Waals surface area contributed by atoms with Crippen molar-refractivity contribution in [3.8, 4) is 0 Å². The number of nitrogens with zero attached hydrogens (tertiary/aromatic N) is 2. The minimum atomic E-state index is -0.308. The molecule has 0 amide bonds. The number of nitrogens with two attached hydrogens (primary N) is 1. The molecule has 3 unspecified atom stereocenters. The molecular weight excluding hydrogens is 241 g/mol. The number of pyridine rings is 1. The van der Waals surface area contributed by atoms with E-state index in [0.29, 0.717) is 6.54 Å². The number of halogens is 1. The van der Waals surface area contributed by atoms with Crippen LogP contribution in [0, 0.1) is 23.6 Å². The van der Waals surface area contributed by atoms with Crippen molar-refractivity contribution in [2.45, 2.75) is 32.2 Å². The average Bonchev–Trinajstić information content (AvgIpc) is 3.00. The van der Waals surface area contributed by atoms with Crippen LogP contribution in [0.2, 0.25) is 0 Å². The van der Waals surface area contributed by atoms with Crippen molar-refractivity contribution in [2.24, 2.45) is 23.5 Å². The summed E-state index contributed by atoms with van der Waals surface area (Å²) in [6.07, 6.45) is 6.87. The van der Waals surface area contributed by atoms with Crippen LogP contribution in [0.25, 0.3) is 0 Å². The quantitative estimate of drug-likeness (QED) is 0.907. The molecule has 0 saturated heterocycles. The summed E-state index contributed by atoms with van der Waals surface area (Å²) < 4.78 is 13.2. The van der Waals surface area contributed by atoms with Crippen LogP contribution < -0.4 is 10.6 Å². The molecular formula is C15H22FN3. The summed E-state index contributed by atoms with van der Waals surface area (Å²) in [5.74, 6) is 3.17. The predicted octanol–water partition coefficient (Wildman–Crippen LogP) is 2.55. The van der Waals surface area contributed by atoms with Crippen LogP contribution in [0.15, 0.2) is 12.3 Å². The number of anilines is 1. The van der Waals surface area contributed by atoms with Gasteiger partial charge in [0.2, 0.25) is 0 Å². The van der Waals surface area contributed by atoms with Gasteiger partial charge in [-0.25, -0.2) is 9.37 Å². The third kappa shape index (κ3) is 2.46. The highest BCUT2D eigenvalue weighted by molar-refractivity contribution is 5.46. The summed E-state index contributed by atoms with van der Waals surface area (Å²) in [5, 5.41) is 0. The lowest BCUT2D eigenvalue weighted by Gasteiger charge is -2.29. The summed E-state index contributed by atoms with van der Waals surface area (Å²) >= 11 is 0. The lowest BCUT2D eigenvalue weighted by atomic mass is 9.88. The number of fused-ring (bicyclic) bond motifs is 2. The van der Waals surface area contributed by atoms with Crippen molar-refractivity contribution in [1.29, 1.82) is 0 Å². The second-order valence-corrected chi connectivity index (χ2v) is 6.16. The lowest BCUT2D eigenvalue weighted by Crippen LogP contribution is -2.30. The second kappa shape index (κ2) is 5.08. The Morgan fingerprint density at radius 2 is 2.26 bits per heavy atom. The first-order valence-electron chi connectivity index (χ1n) is 7.23. The van der Waals surface area contributed by atoms with Gasteiger partial charge in [-0.15, -0.1) is 0 Å². The third-order valence-corrected chi connectivity index (χ3v) is 4.88. The van der Waals surface area contributed by atoms with Crippen LogP contribution in [0.4, 0.5) is 10.2 Å². The SMILES string of the molecule is CN(CC1CC2CCC1C2)c1ncc(F)cc1CN. The van der Waals surface area contributed by atoms with Crippen molar-refractivity contribution in [3.05, 3.63) is 23.6 Å². The molecule has 3 atom stereocenters. The van der Waals surface area contributed by atoms with Gasteiger partial charge in [-0.2, -0.15) is 0 Å². The molecule has 2 aliphatic rings. The molecule has 1 aromatic heterocycles. The van der Waals surface area contributed by atoms with Crippen molar-refractivity contribution < 1.29 is 4.39 Å². The fourth-order valence-electron chi connectivity index (χ4n) is 4.01. The molecule has 1 aromatic rings. The Labute approximate surface area is 114 Å². The molecule has 2 saturated carbocycles. The number of rotatable bonds is 4. The van der Waals surface area contributed by atoms with E-state index >= 15 is 0 Å². The maximum atomic E-state index is 13.2. The predicted molar refractivity (Wildman–Crippen MR) is 74.3 cm³/mol. The van der Waals surface area contributed by atoms with Crippen LogP contribution in [0.5, 0.6) is 0 Å². The molecule has 3 nitrogen and oxygen atoms in total. The summed E-state index contributed by atoms with van der Waals surface area (Å²) in [6, 6.07) is 1.50. The monoisotopic (exact) mass is 263 g/mol. The van der Waals surface area contributed by atoms with Gasteiger partial charge in [-0.05, 0) is 43.1 Å². The molecule has 0 radical (unpaired) electrons. The number of aromatic nitrogens is 1. The normalized spacial score (nSPS) is 28.9. The highest BCUT2D eigenvalue weighted by atomic mass is 19.1. The lowest BCUT2D eigenvalue weighted by molar-refractivity contribution is 0.337. The molecule has 2 fully saturated rings. The molecule has 104 valence electrons. The van der Waals surface area contributed by atoms with E-state index in [2.05, 4.69) is 9.88 Å². The first-order chi connectivity index (χ1) is 9.17. The standard InChI is InChI=1S/C15H22FN3/c1-19(9-13-5-10-2-3-11(13)4-10)15-12(7-17)6-14(16)8-18-15/h6,8,10-11,13H,2-5,7,9,17H2,1H3. The van der Waals surface area contributed by atoms with E-state index < -0.39 is 0 Å². The van der Waals surface area contributed by atoms with Gasteiger partial charge in [0.25, 0.3) is 0 Å². The summed E-state index contributed by atoms with van der Waals surface area (Å²) in [5.41, 5.74) is 6.49. The van der Waals surface area contributed by atoms with Gasteiger partial charge in [-0.1, -0.05) is 6.42 Å². The highest BCUT2D eigenvalue weighted by Gasteiger charge is 2.39. The minimum Gasteiger partial charge on any atom is -0.359 e. The maximum Gasteiger partial charge on any atom is 0.141 e. The molecule has 19 heavy (non-hydrogen) atoms. The Kier molecular flexibility index (Phi) is 3.44. The summed E-state index contributed by atoms with van der Waals surface area (Å²) in [7, 11) is 2.05. The van der Waals surface area contributed by atoms with E-state index in [1.807, 2.05) is 7.05 Å². The molecule has 0 spiro atoms. The zero-order valence-corrected chi connectivity index (χ0v) is 11.5. The number of hydrogen-bond acceptors (Lipinski definition) is 3. The smallest absolute Gasteiger partial charge is 0.141 e. The second-order valence-electron chi connectivity index (χ2n) is 6.16. The third-order valence-electron chi connectivity index (χ3n) is 4.88. The molecule has 1 heterocycles. The van der Waals surface area contributed by atoms with Gasteiger partial charge >= 0.3 is 0 Å². The minimum absolute atomic E-state index is 0.308. The fraction of sp³-hybridized carbons (Fsp3) is 0.667. The van der Waals surface area contributed by atoms with Crippen LogP contribution in [-0.2, 0) is 6.54 Å². The van der Waals surface area contributed by atoms with Crippen LogP contribution in [0.3, 0.4) is 0 Å². The molecule has 3 rings (SSSR count). The first-order valence-corrected chi connectivity index (χ1v) is 7.23. The van der Waals surface area contributed by atoms with Gasteiger partial charge in [0.05, 0.1) is 6.20 Å². The van der Waals surface area contributed by atoms with Gasteiger partial charge in [0.15, 0.2) is 0 Å². The van der Waals surface area contributed by atoms with Crippen LogP contribution in [-0.4, -0.2) is 18.6 Å². The molecule has 0 aliphatic heterocycles. The van der Waals surface area contributed by atoms with Crippen LogP contribution >= 0.6 is 0 Å². The van der Waals surface area contributed by atoms with Gasteiger partial charge in [0.1, 0.15) is 11.6 Å². The zero-order valence-electron chi connectivity index (χ0n) is 11.5. The molecule has 0 aromatic carbocycles. The Hall–Kier alpha value is -1.16. The van der Waals surface area contributed by atoms with E-state index in [1.165, 1.54) is 37.9 Å². The Balaban J connectivity index is 1.71. The van der Waals surface area contributed by atoms with Crippen molar-refractivity contribution in [2.75, 3.05) is 18.5 Å². The van der Waals surface area contributed by atoms with Crippen LogP contribution in [0.1, 0.15) is 31.2 Å². The van der Waals surface area contributed by atoms with E-state index in [-0.39, 0.29) is 5.82 Å².